The summed E-state index contributed by atoms with van der Waals surface area (Å²) < 4.78 is 26.1. The van der Waals surface area contributed by atoms with Crippen molar-refractivity contribution in [3.8, 4) is 0 Å². The van der Waals surface area contributed by atoms with E-state index in [1.54, 1.807) is 13.8 Å². The van der Waals surface area contributed by atoms with Crippen molar-refractivity contribution in [2.75, 3.05) is 6.54 Å². The lowest BCUT2D eigenvalue weighted by atomic mass is 10.0. The van der Waals surface area contributed by atoms with Gasteiger partial charge in [-0.2, -0.15) is 4.31 Å². The third-order valence-electron chi connectivity index (χ3n) is 3.08. The molecule has 0 fully saturated rings. The summed E-state index contributed by atoms with van der Waals surface area (Å²) in [5, 5.41) is 9.36. The van der Waals surface area contributed by atoms with Crippen LogP contribution in [-0.4, -0.2) is 42.3 Å². The van der Waals surface area contributed by atoms with Crippen LogP contribution in [0.2, 0.25) is 5.02 Å². The van der Waals surface area contributed by atoms with Crippen LogP contribution in [0.3, 0.4) is 0 Å². The lowest BCUT2D eigenvalue weighted by Gasteiger charge is -2.28. The van der Waals surface area contributed by atoms with E-state index in [2.05, 4.69) is 0 Å². The molecule has 3 N–H and O–H groups in total. The van der Waals surface area contributed by atoms with E-state index < -0.39 is 34.5 Å². The molecule has 1 aromatic rings. The van der Waals surface area contributed by atoms with Crippen LogP contribution in [0.25, 0.3) is 0 Å². The quantitative estimate of drug-likeness (QED) is 0.723. The van der Waals surface area contributed by atoms with E-state index in [4.69, 9.17) is 22.4 Å². The maximum atomic E-state index is 12.7. The van der Waals surface area contributed by atoms with Crippen molar-refractivity contribution in [2.24, 2.45) is 11.7 Å². The Balaban J connectivity index is 3.35. The number of aliphatic carboxylic acids is 1. The third-order valence-corrected chi connectivity index (χ3v) is 5.20. The molecule has 128 valence electrons. The molecule has 1 unspecified atom stereocenters. The van der Waals surface area contributed by atoms with Gasteiger partial charge in [-0.25, -0.2) is 8.42 Å². The Morgan fingerprint density at radius 1 is 1.26 bits per heavy atom. The van der Waals surface area contributed by atoms with Crippen LogP contribution in [0.1, 0.15) is 20.3 Å². The average molecular weight is 363 g/mol. The summed E-state index contributed by atoms with van der Waals surface area (Å²) >= 11 is 5.73. The molecule has 23 heavy (non-hydrogen) atoms. The number of rotatable bonds is 8. The van der Waals surface area contributed by atoms with Gasteiger partial charge in [0.25, 0.3) is 0 Å². The first-order chi connectivity index (χ1) is 10.6. The average Bonchev–Trinajstić information content (AvgIpc) is 2.42. The minimum Gasteiger partial charge on any atom is -0.480 e. The van der Waals surface area contributed by atoms with Crippen molar-refractivity contribution in [1.29, 1.82) is 0 Å². The van der Waals surface area contributed by atoms with Gasteiger partial charge in [0.15, 0.2) is 0 Å². The summed E-state index contributed by atoms with van der Waals surface area (Å²) in [6, 6.07) is 4.00. The SMILES string of the molecule is CC(C)CC(C(N)=O)N(CC(=O)O)S(=O)(=O)c1ccc(Cl)cc1. The van der Waals surface area contributed by atoms with E-state index >= 15 is 0 Å². The standard InChI is InChI=1S/C14H19ClN2O5S/c1-9(2)7-12(14(16)20)17(8-13(18)19)23(21,22)11-5-3-10(15)4-6-11/h3-6,9,12H,7-8H2,1-2H3,(H2,16,20)(H,18,19). The van der Waals surface area contributed by atoms with Crippen LogP contribution in [0.15, 0.2) is 29.2 Å². The second-order valence-corrected chi connectivity index (χ2v) is 7.77. The number of benzene rings is 1. The molecule has 0 bridgehead atoms. The fourth-order valence-electron chi connectivity index (χ4n) is 2.06. The van der Waals surface area contributed by atoms with Crippen LogP contribution in [0, 0.1) is 5.92 Å². The van der Waals surface area contributed by atoms with Gasteiger partial charge in [-0.05, 0) is 36.6 Å². The normalized spacial score (nSPS) is 13.3. The summed E-state index contributed by atoms with van der Waals surface area (Å²) in [6.45, 7) is 2.71. The summed E-state index contributed by atoms with van der Waals surface area (Å²) in [5.41, 5.74) is 5.30. The van der Waals surface area contributed by atoms with Gasteiger partial charge in [0, 0.05) is 5.02 Å². The topological polar surface area (TPSA) is 118 Å². The van der Waals surface area contributed by atoms with Gasteiger partial charge in [-0.3, -0.25) is 9.59 Å². The second-order valence-electron chi connectivity index (χ2n) is 5.45. The number of hydrogen-bond acceptors (Lipinski definition) is 4. The number of amides is 1. The molecular weight excluding hydrogens is 344 g/mol. The molecule has 0 saturated carbocycles. The highest BCUT2D eigenvalue weighted by atomic mass is 35.5. The molecule has 0 aromatic heterocycles. The van der Waals surface area contributed by atoms with Crippen molar-refractivity contribution >= 4 is 33.5 Å². The van der Waals surface area contributed by atoms with E-state index in [0.717, 1.165) is 0 Å². The number of halogens is 1. The number of carbonyl (C=O) groups excluding carboxylic acids is 1. The first-order valence-electron chi connectivity index (χ1n) is 6.84. The van der Waals surface area contributed by atoms with Gasteiger partial charge in [0.1, 0.15) is 12.6 Å². The molecular formula is C14H19ClN2O5S. The minimum atomic E-state index is -4.21. The monoisotopic (exact) mass is 362 g/mol. The molecule has 1 aromatic carbocycles. The van der Waals surface area contributed by atoms with Crippen LogP contribution in [0.5, 0.6) is 0 Å². The Morgan fingerprint density at radius 3 is 2.17 bits per heavy atom. The lowest BCUT2D eigenvalue weighted by molar-refractivity contribution is -0.138. The molecule has 0 aliphatic carbocycles. The smallest absolute Gasteiger partial charge is 0.318 e. The molecule has 9 heteroatoms. The highest BCUT2D eigenvalue weighted by Crippen LogP contribution is 2.23. The first-order valence-corrected chi connectivity index (χ1v) is 8.66. The second kappa shape index (κ2) is 7.76. The summed E-state index contributed by atoms with van der Waals surface area (Å²) in [4.78, 5) is 22.6. The van der Waals surface area contributed by atoms with Crippen molar-refractivity contribution in [1.82, 2.24) is 4.31 Å². The maximum Gasteiger partial charge on any atom is 0.318 e. The van der Waals surface area contributed by atoms with Crippen molar-refractivity contribution < 1.29 is 23.1 Å². The zero-order chi connectivity index (χ0) is 17.8. The molecule has 0 saturated heterocycles. The Kier molecular flexibility index (Phi) is 6.55. The Bertz CT molecular complexity index is 673. The van der Waals surface area contributed by atoms with Gasteiger partial charge in [0.05, 0.1) is 4.90 Å². The number of hydrogen-bond donors (Lipinski definition) is 2. The largest absolute Gasteiger partial charge is 0.480 e. The van der Waals surface area contributed by atoms with Gasteiger partial charge >= 0.3 is 5.97 Å². The van der Waals surface area contributed by atoms with Crippen molar-refractivity contribution in [3.05, 3.63) is 29.3 Å². The zero-order valence-electron chi connectivity index (χ0n) is 12.8. The van der Waals surface area contributed by atoms with Crippen LogP contribution in [-0.2, 0) is 19.6 Å². The van der Waals surface area contributed by atoms with Gasteiger partial charge < -0.3 is 10.8 Å². The summed E-state index contributed by atoms with van der Waals surface area (Å²) in [5.74, 6) is -2.32. The van der Waals surface area contributed by atoms with Crippen molar-refractivity contribution in [2.45, 2.75) is 31.2 Å². The highest BCUT2D eigenvalue weighted by molar-refractivity contribution is 7.89. The minimum absolute atomic E-state index is 0.0517. The lowest BCUT2D eigenvalue weighted by Crippen LogP contribution is -2.50. The predicted molar refractivity (Wildman–Crippen MR) is 85.4 cm³/mol. The van der Waals surface area contributed by atoms with E-state index in [-0.39, 0.29) is 17.2 Å². The Hall–Kier alpha value is -1.64. The number of nitrogens with two attached hydrogens (primary N) is 1. The van der Waals surface area contributed by atoms with E-state index in [1.165, 1.54) is 24.3 Å². The molecule has 7 nitrogen and oxygen atoms in total. The molecule has 0 radical (unpaired) electrons. The zero-order valence-corrected chi connectivity index (χ0v) is 14.3. The molecule has 0 heterocycles. The Labute approximate surface area is 140 Å². The number of carboxylic acid groups (broad SMARTS) is 1. The first kappa shape index (κ1) is 19.4. The third kappa shape index (κ3) is 5.19. The fraction of sp³-hybridized carbons (Fsp3) is 0.429. The molecule has 1 atom stereocenters. The van der Waals surface area contributed by atoms with E-state index in [0.29, 0.717) is 9.33 Å². The number of carboxylic acids is 1. The number of sulfonamides is 1. The fourth-order valence-corrected chi connectivity index (χ4v) is 3.74. The predicted octanol–water partition coefficient (Wildman–Crippen LogP) is 1.32. The highest BCUT2D eigenvalue weighted by Gasteiger charge is 2.36. The van der Waals surface area contributed by atoms with Gasteiger partial charge in [0.2, 0.25) is 15.9 Å². The maximum absolute atomic E-state index is 12.7. The van der Waals surface area contributed by atoms with Crippen molar-refractivity contribution in [3.63, 3.8) is 0 Å². The molecule has 0 aliphatic heterocycles. The number of nitrogens with zero attached hydrogens (tertiary/aromatic N) is 1. The number of primary amides is 1. The summed E-state index contributed by atoms with van der Waals surface area (Å²) in [7, 11) is -4.21. The number of carbonyl (C=O) groups is 2. The van der Waals surface area contributed by atoms with Crippen LogP contribution >= 0.6 is 11.6 Å². The molecule has 1 rings (SSSR count). The van der Waals surface area contributed by atoms with E-state index in [1.807, 2.05) is 0 Å². The molecule has 1 amide bonds. The molecule has 0 spiro atoms. The molecule has 0 aliphatic rings. The Morgan fingerprint density at radius 2 is 1.78 bits per heavy atom. The van der Waals surface area contributed by atoms with Gasteiger partial charge in [-0.1, -0.05) is 25.4 Å². The van der Waals surface area contributed by atoms with Crippen LogP contribution in [0.4, 0.5) is 0 Å². The van der Waals surface area contributed by atoms with Gasteiger partial charge in [-0.15, -0.1) is 0 Å². The van der Waals surface area contributed by atoms with E-state index in [9.17, 15) is 18.0 Å². The van der Waals surface area contributed by atoms with Crippen LogP contribution < -0.4 is 5.73 Å². The summed E-state index contributed by atoms with van der Waals surface area (Å²) in [6.07, 6.45) is 0.120.